The first-order chi connectivity index (χ1) is 13.7. The van der Waals surface area contributed by atoms with E-state index in [2.05, 4.69) is 9.97 Å². The van der Waals surface area contributed by atoms with Crippen LogP contribution in [0.5, 0.6) is 5.75 Å². The minimum atomic E-state index is -0.136. The normalized spacial score (nSPS) is 11.2. The van der Waals surface area contributed by atoms with Gasteiger partial charge in [0.25, 0.3) is 5.91 Å². The van der Waals surface area contributed by atoms with E-state index in [9.17, 15) is 4.79 Å². The number of hydrogen-bond acceptors (Lipinski definition) is 6. The van der Waals surface area contributed by atoms with Crippen LogP contribution in [0.4, 0.5) is 5.13 Å². The second-order valence-corrected chi connectivity index (χ2v) is 7.71. The van der Waals surface area contributed by atoms with Gasteiger partial charge in [0.15, 0.2) is 5.13 Å². The molecule has 7 heteroatoms. The molecule has 0 spiro atoms. The Bertz CT molecular complexity index is 1110. The summed E-state index contributed by atoms with van der Waals surface area (Å²) in [7, 11) is 1.64. The molecule has 140 valence electrons. The summed E-state index contributed by atoms with van der Waals surface area (Å²) < 4.78 is 6.27. The Morgan fingerprint density at radius 3 is 2.82 bits per heavy atom. The molecule has 0 N–H and O–H groups in total. The number of fused-ring (bicyclic) bond motifs is 1. The topological polar surface area (TPSA) is 55.3 Å². The Morgan fingerprint density at radius 2 is 2.07 bits per heavy atom. The van der Waals surface area contributed by atoms with Crippen molar-refractivity contribution in [2.45, 2.75) is 6.54 Å². The van der Waals surface area contributed by atoms with Crippen molar-refractivity contribution in [1.82, 2.24) is 9.97 Å². The maximum absolute atomic E-state index is 13.0. The van der Waals surface area contributed by atoms with Crippen molar-refractivity contribution in [2.24, 2.45) is 0 Å². The summed E-state index contributed by atoms with van der Waals surface area (Å²) in [5, 5.41) is 2.55. The van der Waals surface area contributed by atoms with Crippen LogP contribution in [0.3, 0.4) is 0 Å². The van der Waals surface area contributed by atoms with E-state index in [4.69, 9.17) is 4.74 Å². The number of benzene rings is 2. The van der Waals surface area contributed by atoms with Crippen LogP contribution in [0.25, 0.3) is 16.3 Å². The number of nitrogens with zero attached hydrogens (tertiary/aromatic N) is 3. The number of rotatable bonds is 6. The number of carbonyl (C=O) groups is 1. The second kappa shape index (κ2) is 8.33. The molecule has 0 aliphatic rings. The van der Waals surface area contributed by atoms with Crippen LogP contribution in [-0.4, -0.2) is 23.0 Å². The third kappa shape index (κ3) is 4.11. The number of carbonyl (C=O) groups excluding carboxylic acids is 1. The van der Waals surface area contributed by atoms with Gasteiger partial charge in [-0.1, -0.05) is 41.7 Å². The summed E-state index contributed by atoms with van der Waals surface area (Å²) in [5.41, 5.74) is 4.39. The SMILES string of the molecule is COc1ccc2nc(N(Cc3ccccc3)C(=O)/C=C/c3cscn3)sc2c1. The fourth-order valence-corrected chi connectivity index (χ4v) is 4.21. The fraction of sp³-hybridized carbons (Fsp3) is 0.0952. The number of ether oxygens (including phenoxy) is 1. The largest absolute Gasteiger partial charge is 0.497 e. The first-order valence-electron chi connectivity index (χ1n) is 8.59. The van der Waals surface area contributed by atoms with Gasteiger partial charge >= 0.3 is 0 Å². The third-order valence-corrected chi connectivity index (χ3v) is 5.76. The van der Waals surface area contributed by atoms with Crippen LogP contribution in [0.2, 0.25) is 0 Å². The van der Waals surface area contributed by atoms with Gasteiger partial charge in [-0.25, -0.2) is 9.97 Å². The minimum Gasteiger partial charge on any atom is -0.497 e. The van der Waals surface area contributed by atoms with Crippen LogP contribution in [0, 0.1) is 0 Å². The zero-order valence-corrected chi connectivity index (χ0v) is 16.7. The van der Waals surface area contributed by atoms with Crippen molar-refractivity contribution in [3.05, 3.63) is 76.8 Å². The lowest BCUT2D eigenvalue weighted by Gasteiger charge is -2.18. The highest BCUT2D eigenvalue weighted by molar-refractivity contribution is 7.22. The average molecular weight is 408 g/mol. The summed E-state index contributed by atoms with van der Waals surface area (Å²) in [6, 6.07) is 15.6. The lowest BCUT2D eigenvalue weighted by atomic mass is 10.2. The van der Waals surface area contributed by atoms with E-state index in [1.165, 1.54) is 22.7 Å². The molecule has 4 rings (SSSR count). The molecule has 2 heterocycles. The highest BCUT2D eigenvalue weighted by Gasteiger charge is 2.18. The molecule has 1 amide bonds. The third-order valence-electron chi connectivity index (χ3n) is 4.11. The summed E-state index contributed by atoms with van der Waals surface area (Å²) in [6.45, 7) is 0.442. The molecule has 0 saturated carbocycles. The highest BCUT2D eigenvalue weighted by Crippen LogP contribution is 2.32. The maximum Gasteiger partial charge on any atom is 0.253 e. The van der Waals surface area contributed by atoms with E-state index >= 15 is 0 Å². The van der Waals surface area contributed by atoms with Gasteiger partial charge in [0.05, 0.1) is 35.1 Å². The lowest BCUT2D eigenvalue weighted by molar-refractivity contribution is -0.114. The summed E-state index contributed by atoms with van der Waals surface area (Å²) in [5.74, 6) is 0.634. The Kier molecular flexibility index (Phi) is 5.45. The number of thiazole rings is 2. The number of aromatic nitrogens is 2. The smallest absolute Gasteiger partial charge is 0.253 e. The van der Waals surface area contributed by atoms with Crippen molar-refractivity contribution in [1.29, 1.82) is 0 Å². The molecule has 4 aromatic rings. The number of methoxy groups -OCH3 is 1. The molecule has 0 unspecified atom stereocenters. The van der Waals surface area contributed by atoms with E-state index in [0.29, 0.717) is 11.7 Å². The van der Waals surface area contributed by atoms with Gasteiger partial charge in [-0.15, -0.1) is 11.3 Å². The zero-order valence-electron chi connectivity index (χ0n) is 15.1. The van der Waals surface area contributed by atoms with Crippen LogP contribution in [0.15, 0.2) is 65.5 Å². The van der Waals surface area contributed by atoms with Crippen molar-refractivity contribution in [2.75, 3.05) is 12.0 Å². The Morgan fingerprint density at radius 1 is 1.21 bits per heavy atom. The molecule has 0 saturated heterocycles. The number of anilines is 1. The van der Waals surface area contributed by atoms with Crippen LogP contribution >= 0.6 is 22.7 Å². The van der Waals surface area contributed by atoms with E-state index in [0.717, 1.165) is 27.2 Å². The van der Waals surface area contributed by atoms with Gasteiger partial charge in [-0.2, -0.15) is 0 Å². The molecule has 0 fully saturated rings. The Balaban J connectivity index is 1.68. The molecular formula is C21H17N3O2S2. The van der Waals surface area contributed by atoms with Crippen LogP contribution in [0.1, 0.15) is 11.3 Å². The van der Waals surface area contributed by atoms with E-state index in [-0.39, 0.29) is 5.91 Å². The maximum atomic E-state index is 13.0. The van der Waals surface area contributed by atoms with Crippen molar-refractivity contribution >= 4 is 50.0 Å². The summed E-state index contributed by atoms with van der Waals surface area (Å²) >= 11 is 2.97. The van der Waals surface area contributed by atoms with Crippen molar-refractivity contribution in [3.63, 3.8) is 0 Å². The molecule has 5 nitrogen and oxygen atoms in total. The van der Waals surface area contributed by atoms with Gasteiger partial charge in [-0.3, -0.25) is 9.69 Å². The first-order valence-corrected chi connectivity index (χ1v) is 10.3. The molecule has 0 atom stereocenters. The molecular weight excluding hydrogens is 390 g/mol. The standard InChI is InChI=1S/C21H17N3O2S2/c1-26-17-8-9-18-19(11-17)28-21(23-18)24(12-15-5-3-2-4-6-15)20(25)10-7-16-13-27-14-22-16/h2-11,13-14H,12H2,1H3/b10-7+. The lowest BCUT2D eigenvalue weighted by Crippen LogP contribution is -2.28. The second-order valence-electron chi connectivity index (χ2n) is 5.99. The van der Waals surface area contributed by atoms with Crippen molar-refractivity contribution in [3.8, 4) is 5.75 Å². The molecule has 2 aromatic heterocycles. The van der Waals surface area contributed by atoms with Gasteiger partial charge < -0.3 is 4.74 Å². The minimum absolute atomic E-state index is 0.136. The van der Waals surface area contributed by atoms with Gasteiger partial charge in [0.2, 0.25) is 0 Å². The van der Waals surface area contributed by atoms with Crippen LogP contribution < -0.4 is 9.64 Å². The number of hydrogen-bond donors (Lipinski definition) is 0. The fourth-order valence-electron chi connectivity index (χ4n) is 2.69. The molecule has 28 heavy (non-hydrogen) atoms. The molecule has 0 aliphatic carbocycles. The van der Waals surface area contributed by atoms with Crippen LogP contribution in [-0.2, 0) is 11.3 Å². The predicted octanol–water partition coefficient (Wildman–Crippen LogP) is 5.01. The Hall–Kier alpha value is -3.03. The molecule has 0 bridgehead atoms. The molecule has 0 aliphatic heterocycles. The Labute approximate surface area is 170 Å². The quantitative estimate of drug-likeness (QED) is 0.422. The van der Waals surface area contributed by atoms with E-state index < -0.39 is 0 Å². The summed E-state index contributed by atoms with van der Waals surface area (Å²) in [6.07, 6.45) is 3.28. The number of amides is 1. The van der Waals surface area contributed by atoms with Gasteiger partial charge in [0.1, 0.15) is 5.75 Å². The monoisotopic (exact) mass is 407 g/mol. The zero-order chi connectivity index (χ0) is 19.3. The van der Waals surface area contributed by atoms with E-state index in [1.807, 2.05) is 53.9 Å². The summed E-state index contributed by atoms with van der Waals surface area (Å²) in [4.78, 5) is 23.6. The highest BCUT2D eigenvalue weighted by atomic mass is 32.1. The molecule has 2 aromatic carbocycles. The molecule has 0 radical (unpaired) electrons. The van der Waals surface area contributed by atoms with E-state index in [1.54, 1.807) is 29.7 Å². The average Bonchev–Trinajstić information content (AvgIpc) is 3.39. The first kappa shape index (κ1) is 18.3. The van der Waals surface area contributed by atoms with Gasteiger partial charge in [0, 0.05) is 11.5 Å². The van der Waals surface area contributed by atoms with Crippen molar-refractivity contribution < 1.29 is 9.53 Å². The predicted molar refractivity (Wildman–Crippen MR) is 115 cm³/mol. The van der Waals surface area contributed by atoms with Gasteiger partial charge in [-0.05, 0) is 29.8 Å².